The Hall–Kier alpha value is -1.35. The number of hydrogen-bond donors (Lipinski definition) is 0. The molecule has 0 spiro atoms. The number of aliphatic carboxylic acids is 1. The first-order valence-corrected chi connectivity index (χ1v) is 3.70. The molecule has 1 saturated heterocycles. The van der Waals surface area contributed by atoms with Crippen LogP contribution in [0.3, 0.4) is 0 Å². The highest BCUT2D eigenvalue weighted by Gasteiger charge is 2.40. The first kappa shape index (κ1) is 7.31. The van der Waals surface area contributed by atoms with Gasteiger partial charge in [-0.25, -0.2) is 0 Å². The van der Waals surface area contributed by atoms with E-state index in [0.29, 0.717) is 0 Å². The van der Waals surface area contributed by atoms with Crippen LogP contribution >= 0.6 is 0 Å². The molecule has 0 amide bonds. The van der Waals surface area contributed by atoms with Crippen molar-refractivity contribution >= 4 is 5.97 Å². The van der Waals surface area contributed by atoms with Gasteiger partial charge in [0, 0.05) is 0 Å². The van der Waals surface area contributed by atoms with Crippen LogP contribution in [0.15, 0.2) is 30.3 Å². The van der Waals surface area contributed by atoms with Gasteiger partial charge in [0.25, 0.3) is 0 Å². The van der Waals surface area contributed by atoms with Gasteiger partial charge in [0.15, 0.2) is 0 Å². The molecule has 1 aromatic carbocycles. The molecular formula is C9H7O3-. The summed E-state index contributed by atoms with van der Waals surface area (Å²) >= 11 is 0. The van der Waals surface area contributed by atoms with E-state index in [0.717, 1.165) is 5.56 Å². The number of benzene rings is 1. The molecule has 0 bridgehead atoms. The molecule has 3 heteroatoms. The van der Waals surface area contributed by atoms with Crippen molar-refractivity contribution in [3.63, 3.8) is 0 Å². The maximum absolute atomic E-state index is 10.3. The summed E-state index contributed by atoms with van der Waals surface area (Å²) in [6.45, 7) is 0. The second kappa shape index (κ2) is 2.60. The van der Waals surface area contributed by atoms with Gasteiger partial charge in [-0.15, -0.1) is 0 Å². The van der Waals surface area contributed by atoms with E-state index >= 15 is 0 Å². The van der Waals surface area contributed by atoms with Crippen molar-refractivity contribution in [3.8, 4) is 0 Å². The average Bonchev–Trinajstić information content (AvgIpc) is 2.84. The van der Waals surface area contributed by atoms with Crippen molar-refractivity contribution in [2.75, 3.05) is 0 Å². The number of carbonyl (C=O) groups excluding carboxylic acids is 1. The van der Waals surface area contributed by atoms with E-state index < -0.39 is 12.1 Å². The van der Waals surface area contributed by atoms with E-state index in [1.807, 2.05) is 30.3 Å². The highest BCUT2D eigenvalue weighted by molar-refractivity contribution is 5.74. The number of epoxide rings is 1. The number of carboxylic acids is 1. The van der Waals surface area contributed by atoms with Crippen LogP contribution in [0.25, 0.3) is 0 Å². The zero-order chi connectivity index (χ0) is 8.55. The highest BCUT2D eigenvalue weighted by Crippen LogP contribution is 2.37. The molecule has 1 aromatic rings. The number of ether oxygens (including phenoxy) is 1. The zero-order valence-electron chi connectivity index (χ0n) is 6.27. The average molecular weight is 163 g/mol. The van der Waals surface area contributed by atoms with Crippen LogP contribution < -0.4 is 5.11 Å². The Balaban J connectivity index is 2.11. The van der Waals surface area contributed by atoms with E-state index in [9.17, 15) is 9.90 Å². The van der Waals surface area contributed by atoms with E-state index in [4.69, 9.17) is 4.74 Å². The molecule has 1 aliphatic heterocycles. The van der Waals surface area contributed by atoms with Crippen molar-refractivity contribution in [1.82, 2.24) is 0 Å². The first-order valence-electron chi connectivity index (χ1n) is 3.70. The quantitative estimate of drug-likeness (QED) is 0.571. The normalized spacial score (nSPS) is 26.7. The molecule has 0 N–H and O–H groups in total. The summed E-state index contributed by atoms with van der Waals surface area (Å²) < 4.78 is 4.90. The monoisotopic (exact) mass is 163 g/mol. The predicted octanol–water partition coefficient (Wildman–Crippen LogP) is -0.124. The SMILES string of the molecule is O=C([O-])[C@H]1O[C@H]1c1ccccc1. The van der Waals surface area contributed by atoms with Crippen molar-refractivity contribution < 1.29 is 14.6 Å². The van der Waals surface area contributed by atoms with Crippen LogP contribution in [-0.4, -0.2) is 12.1 Å². The smallest absolute Gasteiger partial charge is 0.128 e. The minimum absolute atomic E-state index is 0.295. The molecule has 2 atom stereocenters. The Morgan fingerprint density at radius 1 is 1.33 bits per heavy atom. The predicted molar refractivity (Wildman–Crippen MR) is 39.1 cm³/mol. The third-order valence-electron chi connectivity index (χ3n) is 1.85. The van der Waals surface area contributed by atoms with Crippen LogP contribution in [0.2, 0.25) is 0 Å². The second-order valence-corrected chi connectivity index (χ2v) is 2.71. The topological polar surface area (TPSA) is 52.7 Å². The molecule has 0 aromatic heterocycles. The third-order valence-corrected chi connectivity index (χ3v) is 1.85. The number of rotatable bonds is 2. The van der Waals surface area contributed by atoms with Gasteiger partial charge in [0.05, 0.1) is 5.97 Å². The van der Waals surface area contributed by atoms with Gasteiger partial charge in [-0.05, 0) is 5.56 Å². The molecule has 1 heterocycles. The summed E-state index contributed by atoms with van der Waals surface area (Å²) in [6.07, 6.45) is -1.04. The van der Waals surface area contributed by atoms with Gasteiger partial charge in [-0.1, -0.05) is 30.3 Å². The fourth-order valence-electron chi connectivity index (χ4n) is 1.19. The number of hydrogen-bond acceptors (Lipinski definition) is 3. The Labute approximate surface area is 69.6 Å². The molecule has 12 heavy (non-hydrogen) atoms. The molecule has 0 radical (unpaired) electrons. The van der Waals surface area contributed by atoms with Gasteiger partial charge < -0.3 is 14.6 Å². The first-order chi connectivity index (χ1) is 5.79. The maximum Gasteiger partial charge on any atom is 0.128 e. The Kier molecular flexibility index (Phi) is 1.59. The van der Waals surface area contributed by atoms with Crippen molar-refractivity contribution in [3.05, 3.63) is 35.9 Å². The Morgan fingerprint density at radius 2 is 2.00 bits per heavy atom. The lowest BCUT2D eigenvalue weighted by molar-refractivity contribution is -0.307. The molecule has 1 fully saturated rings. The lowest BCUT2D eigenvalue weighted by Crippen LogP contribution is -2.28. The zero-order valence-corrected chi connectivity index (χ0v) is 6.27. The van der Waals surface area contributed by atoms with Gasteiger partial charge in [0.2, 0.25) is 0 Å². The third kappa shape index (κ3) is 1.19. The minimum atomic E-state index is -1.14. The maximum atomic E-state index is 10.3. The standard InChI is InChI=1S/C9H8O3/c10-9(11)8-7(12-8)6-4-2-1-3-5-6/h1-5,7-8H,(H,10,11)/p-1/t7-,8-/m0/s1. The van der Waals surface area contributed by atoms with Gasteiger partial charge in [0.1, 0.15) is 12.2 Å². The van der Waals surface area contributed by atoms with Gasteiger partial charge in [-0.2, -0.15) is 0 Å². The molecule has 62 valence electrons. The van der Waals surface area contributed by atoms with Crippen LogP contribution in [-0.2, 0) is 9.53 Å². The van der Waals surface area contributed by atoms with Crippen molar-refractivity contribution in [2.45, 2.75) is 12.2 Å². The van der Waals surface area contributed by atoms with Gasteiger partial charge >= 0.3 is 0 Å². The molecule has 2 rings (SSSR count). The fraction of sp³-hybridized carbons (Fsp3) is 0.222. The van der Waals surface area contributed by atoms with E-state index in [1.165, 1.54) is 0 Å². The van der Waals surface area contributed by atoms with Crippen molar-refractivity contribution in [1.29, 1.82) is 0 Å². The lowest BCUT2D eigenvalue weighted by Gasteiger charge is -1.95. The Morgan fingerprint density at radius 3 is 2.50 bits per heavy atom. The molecular weight excluding hydrogens is 156 g/mol. The van der Waals surface area contributed by atoms with Crippen LogP contribution in [0.4, 0.5) is 0 Å². The summed E-state index contributed by atoms with van der Waals surface area (Å²) in [5.74, 6) is -1.14. The van der Waals surface area contributed by atoms with E-state index in [-0.39, 0.29) is 6.10 Å². The fourth-order valence-corrected chi connectivity index (χ4v) is 1.19. The van der Waals surface area contributed by atoms with Crippen LogP contribution in [0.1, 0.15) is 11.7 Å². The number of carboxylic acid groups (broad SMARTS) is 1. The molecule has 0 unspecified atom stereocenters. The second-order valence-electron chi connectivity index (χ2n) is 2.71. The summed E-state index contributed by atoms with van der Waals surface area (Å²) in [5.41, 5.74) is 0.895. The summed E-state index contributed by atoms with van der Waals surface area (Å²) in [4.78, 5) is 10.3. The molecule has 3 nitrogen and oxygen atoms in total. The summed E-state index contributed by atoms with van der Waals surface area (Å²) in [6, 6.07) is 9.26. The largest absolute Gasteiger partial charge is 0.547 e. The summed E-state index contributed by atoms with van der Waals surface area (Å²) in [5, 5.41) is 10.3. The van der Waals surface area contributed by atoms with E-state index in [2.05, 4.69) is 0 Å². The minimum Gasteiger partial charge on any atom is -0.547 e. The highest BCUT2D eigenvalue weighted by atomic mass is 16.6. The molecule has 0 aliphatic carbocycles. The summed E-state index contributed by atoms with van der Waals surface area (Å²) in [7, 11) is 0. The van der Waals surface area contributed by atoms with Crippen LogP contribution in [0.5, 0.6) is 0 Å². The molecule has 0 saturated carbocycles. The molecule has 1 aliphatic rings. The van der Waals surface area contributed by atoms with E-state index in [1.54, 1.807) is 0 Å². The van der Waals surface area contributed by atoms with Crippen LogP contribution in [0, 0.1) is 0 Å². The van der Waals surface area contributed by atoms with Crippen molar-refractivity contribution in [2.24, 2.45) is 0 Å². The Bertz CT molecular complexity index is 294. The number of carbonyl (C=O) groups is 1. The lowest BCUT2D eigenvalue weighted by atomic mass is 10.1. The van der Waals surface area contributed by atoms with Gasteiger partial charge in [-0.3, -0.25) is 0 Å².